The van der Waals surface area contributed by atoms with Crippen molar-refractivity contribution in [2.45, 2.75) is 95.3 Å². The Morgan fingerprint density at radius 3 is 0.845 bits per heavy atom. The molecule has 1 aliphatic rings. The van der Waals surface area contributed by atoms with Crippen molar-refractivity contribution in [2.24, 2.45) is 0 Å². The summed E-state index contributed by atoms with van der Waals surface area (Å²) < 4.78 is 0. The smallest absolute Gasteiger partial charge is 2.00 e. The molecule has 0 unspecified atom stereocenters. The van der Waals surface area contributed by atoms with E-state index < -0.39 is 5.97 Å². The maximum atomic E-state index is 8.89. The zero-order chi connectivity index (χ0) is 43.4. The Hall–Kier alpha value is 3.50. The summed E-state index contributed by atoms with van der Waals surface area (Å²) >= 11 is 22.9. The van der Waals surface area contributed by atoms with Crippen LogP contribution in [0.25, 0.3) is 0 Å². The van der Waals surface area contributed by atoms with Gasteiger partial charge in [0, 0.05) is 84.5 Å². The number of halogens is 6. The average Bonchev–Trinajstić information content (AvgIpc) is 3.07. The minimum Gasteiger partial charge on any atom is 2.00 e. The van der Waals surface area contributed by atoms with Gasteiger partial charge in [-0.15, -0.1) is 0 Å². The number of fused-ring (bicyclic) bond motifs is 4. The molecule has 1 heterocycles. The largest absolute Gasteiger partial charge is 3.00 e. The van der Waals surface area contributed by atoms with Crippen molar-refractivity contribution in [1.29, 1.82) is 0 Å². The third-order valence-corrected chi connectivity index (χ3v) is 10.5. The number of hydrogen-bond acceptors (Lipinski definition) is 10. The van der Waals surface area contributed by atoms with Crippen LogP contribution in [-0.4, -0.2) is 130 Å². The van der Waals surface area contributed by atoms with E-state index in [1.54, 1.807) is 0 Å². The molecule has 0 aliphatic carbocycles. The van der Waals surface area contributed by atoms with Gasteiger partial charge in [-0.1, -0.05) is 88.1 Å². The number of benzene rings is 2. The van der Waals surface area contributed by atoms with Crippen LogP contribution >= 0.6 is 74.5 Å². The second-order valence-electron chi connectivity index (χ2n) is 16.9. The fraction of sp³-hybridized carbons (Fsp3) is 0.675. The number of carboxylic acid groups (broad SMARTS) is 1. The molecule has 341 valence electrons. The van der Waals surface area contributed by atoms with Crippen molar-refractivity contribution in [2.75, 3.05) is 94.6 Å². The van der Waals surface area contributed by atoms with Gasteiger partial charge >= 0.3 is 135 Å². The Labute approximate surface area is 445 Å². The van der Waals surface area contributed by atoms with Crippen molar-refractivity contribution < 1.29 is 70.0 Å². The van der Waals surface area contributed by atoms with Gasteiger partial charge in [0.2, 0.25) is 0 Å². The van der Waals surface area contributed by atoms with E-state index >= 15 is 0 Å². The van der Waals surface area contributed by atoms with Gasteiger partial charge < -0.3 is 64.6 Å². The standard InChI is InChI=1S/C38H66N6S2.C2H4O2.2Co.2I3/c1-37(2,3)33-21-29-25-41(9)17-13-39(7)15-19-43(11)27-31-23-34(38(4,5)6)24-32(36(31)46)28-44(12)20-16-40(8)14-18-42(10)26-30(22-33)35(29)45;1-2(3)4;;;2*1-3-2/h21-24,45-46H,13-20,25-28H2,1-12H3;1H3,(H,3,4);;;;/q;;+2;+3;2*-1/p-3. The summed E-state index contributed by atoms with van der Waals surface area (Å²) in [7, 11) is 13.4. The molecular formula is C40H67Co2I6N6O2S2. The van der Waals surface area contributed by atoms with Crippen LogP contribution in [-0.2, 0) is 101 Å². The van der Waals surface area contributed by atoms with Crippen molar-refractivity contribution in [3.8, 4) is 0 Å². The summed E-state index contributed by atoms with van der Waals surface area (Å²) in [5, 5.41) is 8.89. The fourth-order valence-corrected chi connectivity index (χ4v) is 6.41. The van der Waals surface area contributed by atoms with Crippen LogP contribution in [0.3, 0.4) is 0 Å². The van der Waals surface area contributed by atoms with Gasteiger partial charge in [0.1, 0.15) is 0 Å². The minimum absolute atomic E-state index is 0. The molecule has 8 nitrogen and oxygen atoms in total. The zero-order valence-corrected chi connectivity index (χ0v) is 53.2. The van der Waals surface area contributed by atoms with Crippen LogP contribution in [0.5, 0.6) is 0 Å². The molecule has 0 amide bonds. The van der Waals surface area contributed by atoms with Crippen LogP contribution in [0.15, 0.2) is 34.1 Å². The van der Waals surface area contributed by atoms with E-state index in [0.717, 1.165) is 95.3 Å². The molecule has 58 heavy (non-hydrogen) atoms. The van der Waals surface area contributed by atoms with Crippen molar-refractivity contribution in [3.05, 3.63) is 57.6 Å². The topological polar surface area (TPSA) is 59.6 Å². The molecule has 2 aromatic rings. The third kappa shape index (κ3) is 29.2. The van der Waals surface area contributed by atoms with Crippen LogP contribution < -0.4 is 31.6 Å². The maximum absolute atomic E-state index is 8.89. The van der Waals surface area contributed by atoms with Gasteiger partial charge in [-0.2, -0.15) is 9.79 Å². The predicted octanol–water partition coefficient (Wildman–Crippen LogP) is 1.70. The Balaban J connectivity index is -0.00000227. The SMILES string of the molecule is CC(=O)[O-].CN1CCN(C)Cc2cc(C(C)(C)C)cc(c2[S-])CN(C)CCN(C)CCN(C)Cc2cc(C(C)(C)C)cc(c2[S-])CN(C)CC1.I[I-]I.I[I-]I.[Co+2].[Co+3]. The first-order valence-electron chi connectivity index (χ1n) is 18.6. The van der Waals surface area contributed by atoms with E-state index in [9.17, 15) is 0 Å². The van der Waals surface area contributed by atoms with Crippen molar-refractivity contribution in [3.63, 3.8) is 0 Å². The quantitative estimate of drug-likeness (QED) is 0.289. The van der Waals surface area contributed by atoms with Gasteiger partial charge in [0.05, 0.1) is 0 Å². The Bertz CT molecular complexity index is 1270. The maximum Gasteiger partial charge on any atom is 3.00 e. The summed E-state index contributed by atoms with van der Waals surface area (Å²) in [5.41, 5.74) is 8.01. The predicted molar refractivity (Wildman–Crippen MR) is 269 cm³/mol. The summed E-state index contributed by atoms with van der Waals surface area (Å²) in [5.74, 6) is -1.08. The van der Waals surface area contributed by atoms with Gasteiger partial charge in [-0.25, -0.2) is 0 Å². The van der Waals surface area contributed by atoms with Gasteiger partial charge in [0.25, 0.3) is 0 Å². The molecule has 0 aromatic heterocycles. The molecule has 1 aliphatic heterocycles. The fourth-order valence-electron chi connectivity index (χ4n) is 5.91. The van der Waals surface area contributed by atoms with Gasteiger partial charge in [0.15, 0.2) is 0 Å². The monoisotopic (exact) mass is 1610 g/mol. The molecule has 0 saturated heterocycles. The van der Waals surface area contributed by atoms with E-state index in [4.69, 9.17) is 35.2 Å². The molecule has 2 aromatic carbocycles. The van der Waals surface area contributed by atoms with E-state index in [2.05, 4.69) is 212 Å². The summed E-state index contributed by atoms with van der Waals surface area (Å²) in [6.45, 7) is 26.3. The molecule has 0 fully saturated rings. The van der Waals surface area contributed by atoms with Gasteiger partial charge in [-0.05, 0) is 71.2 Å². The molecule has 4 bridgehead atoms. The molecule has 0 N–H and O–H groups in total. The second-order valence-corrected chi connectivity index (χ2v) is 50.2. The van der Waals surface area contributed by atoms with E-state index in [0.29, 0.717) is 26.5 Å². The van der Waals surface area contributed by atoms with Gasteiger partial charge in [-0.3, -0.25) is 0 Å². The summed E-state index contributed by atoms with van der Waals surface area (Å²) in [6.07, 6.45) is 0. The first-order chi connectivity index (χ1) is 25.9. The third-order valence-electron chi connectivity index (χ3n) is 9.43. The summed E-state index contributed by atoms with van der Waals surface area (Å²) in [4.78, 5) is 25.6. The first kappa shape index (κ1) is 65.8. The molecule has 1 radical (unpaired) electrons. The number of likely N-dealkylation sites (N-methyl/N-ethyl adjacent to an activating group) is 6. The van der Waals surface area contributed by atoms with Crippen molar-refractivity contribution in [1.82, 2.24) is 29.4 Å². The number of hydrogen-bond donors (Lipinski definition) is 0. The molecule has 3 rings (SSSR count). The number of nitrogens with zero attached hydrogens (tertiary/aromatic N) is 6. The van der Waals surface area contributed by atoms with Crippen LogP contribution in [0, 0.1) is 0 Å². The van der Waals surface area contributed by atoms with E-state index in [-0.39, 0.29) is 44.4 Å². The molecular weight excluding hydrogens is 1540 g/mol. The number of rotatable bonds is 0. The van der Waals surface area contributed by atoms with E-state index in [1.165, 1.54) is 33.4 Å². The average molecular weight is 1610 g/mol. The number of carbonyl (C=O) groups is 1. The minimum atomic E-state index is -1.08. The number of carboxylic acids is 1. The first-order valence-corrected chi connectivity index (χ1v) is 44.5. The zero-order valence-electron chi connectivity index (χ0n) is 36.5. The normalized spacial score (nSPS) is 17.1. The van der Waals surface area contributed by atoms with E-state index in [1.807, 2.05) is 0 Å². The van der Waals surface area contributed by atoms with Crippen LogP contribution in [0.2, 0.25) is 0 Å². The summed E-state index contributed by atoms with van der Waals surface area (Å²) in [6, 6.07) is 9.46. The van der Waals surface area contributed by atoms with Crippen LogP contribution in [0.4, 0.5) is 0 Å². The Kier molecular flexibility index (Phi) is 39.4. The molecule has 18 heteroatoms. The second kappa shape index (κ2) is 34.8. The van der Waals surface area contributed by atoms with Crippen molar-refractivity contribution >= 4 is 106 Å². The van der Waals surface area contributed by atoms with Crippen LogP contribution in [0.1, 0.15) is 81.8 Å². The molecule has 0 spiro atoms. The molecule has 0 saturated carbocycles. The Morgan fingerprint density at radius 1 is 0.534 bits per heavy atom. The Morgan fingerprint density at radius 2 is 0.690 bits per heavy atom. The molecule has 0 atom stereocenters. The number of carbonyl (C=O) groups excluding carboxylic acids is 1. The number of aliphatic carboxylic acids is 1.